The van der Waals surface area contributed by atoms with Crippen molar-refractivity contribution < 1.29 is 4.74 Å². The Labute approximate surface area is 98.0 Å². The van der Waals surface area contributed by atoms with Crippen LogP contribution in [0.5, 0.6) is 0 Å². The van der Waals surface area contributed by atoms with Crippen LogP contribution in [0.3, 0.4) is 0 Å². The standard InChI is InChI=1S/C12H23N3O/c1-3-4-10-16-11-7-13-5-8-15-9-6-14-12(15)2/h6,9,13H,3-5,7-8,10-11H2,1-2H3. The number of unbranched alkanes of at least 4 members (excludes halogenated alkanes) is 1. The lowest BCUT2D eigenvalue weighted by molar-refractivity contribution is 0.133. The summed E-state index contributed by atoms with van der Waals surface area (Å²) in [5, 5.41) is 3.35. The van der Waals surface area contributed by atoms with E-state index in [1.165, 1.54) is 6.42 Å². The molecule has 92 valence electrons. The highest BCUT2D eigenvalue weighted by Gasteiger charge is 1.95. The van der Waals surface area contributed by atoms with Crippen LogP contribution in [0.15, 0.2) is 12.4 Å². The molecule has 0 atom stereocenters. The first kappa shape index (κ1) is 13.2. The molecule has 0 aliphatic rings. The lowest BCUT2D eigenvalue weighted by Crippen LogP contribution is -2.24. The van der Waals surface area contributed by atoms with Gasteiger partial charge in [0.2, 0.25) is 0 Å². The number of nitrogens with one attached hydrogen (secondary N) is 1. The smallest absolute Gasteiger partial charge is 0.105 e. The maximum absolute atomic E-state index is 5.45. The molecule has 1 aromatic heterocycles. The van der Waals surface area contributed by atoms with Crippen LogP contribution in [0.25, 0.3) is 0 Å². The summed E-state index contributed by atoms with van der Waals surface area (Å²) in [5.41, 5.74) is 0. The fraction of sp³-hybridized carbons (Fsp3) is 0.750. The minimum Gasteiger partial charge on any atom is -0.380 e. The Bertz CT molecular complexity index is 273. The molecule has 1 N–H and O–H groups in total. The highest BCUT2D eigenvalue weighted by atomic mass is 16.5. The number of aromatic nitrogens is 2. The third kappa shape index (κ3) is 5.28. The van der Waals surface area contributed by atoms with Crippen LogP contribution in [0, 0.1) is 6.92 Å². The summed E-state index contributed by atoms with van der Waals surface area (Å²) in [6.45, 7) is 8.76. The molecule has 0 amide bonds. The van der Waals surface area contributed by atoms with Gasteiger partial charge in [0.05, 0.1) is 6.61 Å². The fourth-order valence-corrected chi connectivity index (χ4v) is 1.46. The SMILES string of the molecule is CCCCOCCNCCn1ccnc1C. The zero-order valence-electron chi connectivity index (χ0n) is 10.4. The van der Waals surface area contributed by atoms with Crippen LogP contribution in [0.1, 0.15) is 25.6 Å². The van der Waals surface area contributed by atoms with Gasteiger partial charge in [0, 0.05) is 38.6 Å². The molecule has 0 saturated heterocycles. The largest absolute Gasteiger partial charge is 0.380 e. The number of rotatable bonds is 9. The Morgan fingerprint density at radius 1 is 1.38 bits per heavy atom. The molecule has 0 aliphatic carbocycles. The van der Waals surface area contributed by atoms with E-state index in [1.54, 1.807) is 0 Å². The molecule has 0 aliphatic heterocycles. The summed E-state index contributed by atoms with van der Waals surface area (Å²) in [4.78, 5) is 4.18. The summed E-state index contributed by atoms with van der Waals surface area (Å²) >= 11 is 0. The zero-order valence-corrected chi connectivity index (χ0v) is 10.4. The first-order valence-corrected chi connectivity index (χ1v) is 6.10. The van der Waals surface area contributed by atoms with Gasteiger partial charge in [0.1, 0.15) is 5.82 Å². The van der Waals surface area contributed by atoms with E-state index in [1.807, 2.05) is 19.3 Å². The number of imidazole rings is 1. The van der Waals surface area contributed by atoms with Gasteiger partial charge in [-0.25, -0.2) is 4.98 Å². The predicted octanol–water partition coefficient (Wildman–Crippen LogP) is 1.60. The number of hydrogen-bond donors (Lipinski definition) is 1. The maximum Gasteiger partial charge on any atom is 0.105 e. The molecule has 0 bridgehead atoms. The van der Waals surface area contributed by atoms with Crippen molar-refractivity contribution >= 4 is 0 Å². The molecule has 0 unspecified atom stereocenters. The van der Waals surface area contributed by atoms with Gasteiger partial charge in [0.15, 0.2) is 0 Å². The zero-order chi connectivity index (χ0) is 11.6. The van der Waals surface area contributed by atoms with Gasteiger partial charge in [-0.05, 0) is 13.3 Å². The molecule has 4 nitrogen and oxygen atoms in total. The summed E-state index contributed by atoms with van der Waals surface area (Å²) in [6, 6.07) is 0. The van der Waals surface area contributed by atoms with Gasteiger partial charge in [0.25, 0.3) is 0 Å². The second kappa shape index (κ2) is 8.30. The van der Waals surface area contributed by atoms with E-state index in [-0.39, 0.29) is 0 Å². The minimum atomic E-state index is 0.808. The second-order valence-electron chi connectivity index (χ2n) is 3.88. The van der Waals surface area contributed by atoms with Crippen LogP contribution in [0.2, 0.25) is 0 Å². The lowest BCUT2D eigenvalue weighted by atomic mass is 10.4. The molecule has 0 aromatic carbocycles. The summed E-state index contributed by atoms with van der Waals surface area (Å²) in [5.74, 6) is 1.07. The van der Waals surface area contributed by atoms with E-state index >= 15 is 0 Å². The Hall–Kier alpha value is -0.870. The van der Waals surface area contributed by atoms with Crippen molar-refractivity contribution in [2.24, 2.45) is 0 Å². The van der Waals surface area contributed by atoms with Crippen LogP contribution in [-0.2, 0) is 11.3 Å². The van der Waals surface area contributed by atoms with Gasteiger partial charge in [-0.2, -0.15) is 0 Å². The Morgan fingerprint density at radius 2 is 2.25 bits per heavy atom. The summed E-state index contributed by atoms with van der Waals surface area (Å²) < 4.78 is 7.60. The Kier molecular flexibility index (Phi) is 6.85. The van der Waals surface area contributed by atoms with Crippen molar-refractivity contribution in [1.29, 1.82) is 0 Å². The molecular weight excluding hydrogens is 202 g/mol. The third-order valence-corrected chi connectivity index (χ3v) is 2.52. The molecule has 0 saturated carbocycles. The van der Waals surface area contributed by atoms with Crippen LogP contribution in [-0.4, -0.2) is 35.9 Å². The van der Waals surface area contributed by atoms with E-state index in [2.05, 4.69) is 21.8 Å². The van der Waals surface area contributed by atoms with Gasteiger partial charge in [-0.15, -0.1) is 0 Å². The number of hydrogen-bond acceptors (Lipinski definition) is 3. The first-order valence-electron chi connectivity index (χ1n) is 6.10. The van der Waals surface area contributed by atoms with Crippen molar-refractivity contribution in [3.63, 3.8) is 0 Å². The number of ether oxygens (including phenoxy) is 1. The molecule has 0 radical (unpaired) electrons. The highest BCUT2D eigenvalue weighted by Crippen LogP contribution is 1.93. The van der Waals surface area contributed by atoms with Crippen molar-refractivity contribution in [2.45, 2.75) is 33.2 Å². The van der Waals surface area contributed by atoms with Gasteiger partial charge < -0.3 is 14.6 Å². The molecule has 1 heterocycles. The number of nitrogens with zero attached hydrogens (tertiary/aromatic N) is 2. The molecule has 1 rings (SSSR count). The third-order valence-electron chi connectivity index (χ3n) is 2.52. The van der Waals surface area contributed by atoms with Crippen molar-refractivity contribution in [2.75, 3.05) is 26.3 Å². The van der Waals surface area contributed by atoms with E-state index in [4.69, 9.17) is 4.74 Å². The molecular formula is C12H23N3O. The van der Waals surface area contributed by atoms with Crippen molar-refractivity contribution in [1.82, 2.24) is 14.9 Å². The summed E-state index contributed by atoms with van der Waals surface area (Å²) in [6.07, 6.45) is 6.21. The van der Waals surface area contributed by atoms with Gasteiger partial charge in [-0.3, -0.25) is 0 Å². The Balaban J connectivity index is 1.91. The molecule has 0 fully saturated rings. The van der Waals surface area contributed by atoms with E-state index in [9.17, 15) is 0 Å². The normalized spacial score (nSPS) is 10.9. The van der Waals surface area contributed by atoms with E-state index < -0.39 is 0 Å². The predicted molar refractivity (Wildman–Crippen MR) is 65.6 cm³/mol. The quantitative estimate of drug-likeness (QED) is 0.649. The van der Waals surface area contributed by atoms with Crippen LogP contribution < -0.4 is 5.32 Å². The average molecular weight is 225 g/mol. The average Bonchev–Trinajstić information content (AvgIpc) is 2.68. The van der Waals surface area contributed by atoms with Gasteiger partial charge in [-0.1, -0.05) is 13.3 Å². The molecule has 1 aromatic rings. The number of aryl methyl sites for hydroxylation is 1. The van der Waals surface area contributed by atoms with Gasteiger partial charge >= 0.3 is 0 Å². The topological polar surface area (TPSA) is 39.1 Å². The molecule has 4 heteroatoms. The lowest BCUT2D eigenvalue weighted by Gasteiger charge is -2.07. The highest BCUT2D eigenvalue weighted by molar-refractivity contribution is 4.88. The maximum atomic E-state index is 5.45. The van der Waals surface area contributed by atoms with Crippen LogP contribution >= 0.6 is 0 Å². The fourth-order valence-electron chi connectivity index (χ4n) is 1.46. The van der Waals surface area contributed by atoms with Crippen LogP contribution in [0.4, 0.5) is 0 Å². The van der Waals surface area contributed by atoms with Crippen molar-refractivity contribution in [3.8, 4) is 0 Å². The monoisotopic (exact) mass is 225 g/mol. The molecule has 0 spiro atoms. The van der Waals surface area contributed by atoms with Crippen molar-refractivity contribution in [3.05, 3.63) is 18.2 Å². The Morgan fingerprint density at radius 3 is 2.94 bits per heavy atom. The summed E-state index contributed by atoms with van der Waals surface area (Å²) in [7, 11) is 0. The van der Waals surface area contributed by atoms with E-state index in [0.717, 1.165) is 45.1 Å². The molecule has 16 heavy (non-hydrogen) atoms. The van der Waals surface area contributed by atoms with E-state index in [0.29, 0.717) is 0 Å². The second-order valence-corrected chi connectivity index (χ2v) is 3.88. The minimum absolute atomic E-state index is 0.808. The first-order chi connectivity index (χ1) is 7.84.